The fourth-order valence-corrected chi connectivity index (χ4v) is 3.62. The van der Waals surface area contributed by atoms with Crippen LogP contribution in [-0.2, 0) is 16.9 Å². The van der Waals surface area contributed by atoms with E-state index in [0.717, 1.165) is 11.1 Å². The monoisotopic (exact) mass is 395 g/mol. The van der Waals surface area contributed by atoms with Crippen LogP contribution in [0.25, 0.3) is 11.5 Å². The van der Waals surface area contributed by atoms with Gasteiger partial charge in [-0.25, -0.2) is 9.78 Å². The zero-order chi connectivity index (χ0) is 19.7. The minimum Gasteiger partial charge on any atom is -0.444 e. The van der Waals surface area contributed by atoms with Crippen LogP contribution in [0.4, 0.5) is 4.79 Å². The molecule has 1 fully saturated rings. The molecule has 142 valence electrons. The second kappa shape index (κ2) is 7.13. The molecule has 0 saturated carbocycles. The Balaban J connectivity index is 1.59. The first-order valence-corrected chi connectivity index (χ1v) is 9.31. The number of halogens is 1. The summed E-state index contributed by atoms with van der Waals surface area (Å²) in [4.78, 5) is 31.3. The number of benzene rings is 2. The van der Waals surface area contributed by atoms with Gasteiger partial charge in [0, 0.05) is 10.6 Å². The van der Waals surface area contributed by atoms with Crippen LogP contribution >= 0.6 is 11.6 Å². The molecule has 28 heavy (non-hydrogen) atoms. The molecule has 2 aromatic carbocycles. The lowest BCUT2D eigenvalue weighted by molar-refractivity contribution is -0.132. The predicted octanol–water partition coefficient (Wildman–Crippen LogP) is 4.35. The van der Waals surface area contributed by atoms with Crippen LogP contribution in [0.15, 0.2) is 65.3 Å². The van der Waals surface area contributed by atoms with Gasteiger partial charge in [0.1, 0.15) is 11.8 Å². The SMILES string of the molecule is CCC1(c2ccccc2)NC(=O)N(Cc2coc(-c3cccc(Cl)c3)n2)C1=O. The maximum absolute atomic E-state index is 13.2. The standard InChI is InChI=1S/C21H18ClN3O3/c1-2-21(15-8-4-3-5-9-15)19(26)25(20(27)24-21)12-17-13-28-18(23-17)14-7-6-10-16(22)11-14/h3-11,13H,2,12H2,1H3,(H,24,27). The average Bonchev–Trinajstić information content (AvgIpc) is 3.28. The molecule has 1 saturated heterocycles. The van der Waals surface area contributed by atoms with Gasteiger partial charge in [0.25, 0.3) is 5.91 Å². The summed E-state index contributed by atoms with van der Waals surface area (Å²) in [6.45, 7) is 1.91. The third-order valence-electron chi connectivity index (χ3n) is 4.92. The van der Waals surface area contributed by atoms with Gasteiger partial charge in [0.2, 0.25) is 5.89 Å². The van der Waals surface area contributed by atoms with E-state index in [1.54, 1.807) is 18.2 Å². The molecule has 0 bridgehead atoms. The summed E-state index contributed by atoms with van der Waals surface area (Å²) in [5, 5.41) is 3.43. The van der Waals surface area contributed by atoms with Crippen molar-refractivity contribution >= 4 is 23.5 Å². The van der Waals surface area contributed by atoms with E-state index in [9.17, 15) is 9.59 Å². The quantitative estimate of drug-likeness (QED) is 0.651. The molecular formula is C21H18ClN3O3. The van der Waals surface area contributed by atoms with Crippen LogP contribution in [0.5, 0.6) is 0 Å². The molecule has 7 heteroatoms. The van der Waals surface area contributed by atoms with Gasteiger partial charge in [-0.05, 0) is 30.2 Å². The van der Waals surface area contributed by atoms with E-state index in [0.29, 0.717) is 23.0 Å². The Kier molecular flexibility index (Phi) is 4.65. The van der Waals surface area contributed by atoms with Crippen molar-refractivity contribution in [3.63, 3.8) is 0 Å². The molecule has 6 nitrogen and oxygen atoms in total. The number of oxazole rings is 1. The van der Waals surface area contributed by atoms with Crippen LogP contribution in [0.3, 0.4) is 0 Å². The fourth-order valence-electron chi connectivity index (χ4n) is 3.43. The Labute approximate surface area is 167 Å². The highest BCUT2D eigenvalue weighted by molar-refractivity contribution is 6.30. The van der Waals surface area contributed by atoms with Crippen molar-refractivity contribution in [3.05, 3.63) is 77.1 Å². The number of hydrogen-bond donors (Lipinski definition) is 1. The molecule has 3 aromatic rings. The molecule has 0 aliphatic carbocycles. The number of amides is 3. The Bertz CT molecular complexity index is 1030. The summed E-state index contributed by atoms with van der Waals surface area (Å²) in [5.41, 5.74) is 0.914. The maximum atomic E-state index is 13.2. The Morgan fingerprint density at radius 2 is 1.93 bits per heavy atom. The van der Waals surface area contributed by atoms with Crippen LogP contribution in [0.2, 0.25) is 5.02 Å². The van der Waals surface area contributed by atoms with E-state index < -0.39 is 11.6 Å². The minimum atomic E-state index is -1.06. The summed E-state index contributed by atoms with van der Waals surface area (Å²) < 4.78 is 5.51. The summed E-state index contributed by atoms with van der Waals surface area (Å²) in [6.07, 6.45) is 1.90. The molecule has 4 rings (SSSR count). The molecule has 1 aromatic heterocycles. The molecule has 1 aliphatic rings. The number of hydrogen-bond acceptors (Lipinski definition) is 4. The van der Waals surface area contributed by atoms with Gasteiger partial charge in [0.15, 0.2) is 0 Å². The van der Waals surface area contributed by atoms with Gasteiger partial charge in [-0.1, -0.05) is 54.9 Å². The third kappa shape index (κ3) is 3.05. The van der Waals surface area contributed by atoms with Gasteiger partial charge in [-0.15, -0.1) is 0 Å². The van der Waals surface area contributed by atoms with Gasteiger partial charge in [0.05, 0.1) is 12.2 Å². The van der Waals surface area contributed by atoms with E-state index in [1.807, 2.05) is 43.3 Å². The molecule has 0 spiro atoms. The second-order valence-electron chi connectivity index (χ2n) is 6.60. The first-order chi connectivity index (χ1) is 13.5. The molecule has 1 N–H and O–H groups in total. The van der Waals surface area contributed by atoms with Crippen LogP contribution in [0.1, 0.15) is 24.6 Å². The third-order valence-corrected chi connectivity index (χ3v) is 5.15. The largest absolute Gasteiger partial charge is 0.444 e. The summed E-state index contributed by atoms with van der Waals surface area (Å²) in [5.74, 6) is 0.0906. The van der Waals surface area contributed by atoms with Crippen molar-refractivity contribution in [3.8, 4) is 11.5 Å². The summed E-state index contributed by atoms with van der Waals surface area (Å²) in [7, 11) is 0. The number of rotatable bonds is 5. The molecule has 1 unspecified atom stereocenters. The number of nitrogens with zero attached hydrogens (tertiary/aromatic N) is 2. The second-order valence-corrected chi connectivity index (χ2v) is 7.04. The smallest absolute Gasteiger partial charge is 0.325 e. The number of nitrogens with one attached hydrogen (secondary N) is 1. The molecular weight excluding hydrogens is 378 g/mol. The lowest BCUT2D eigenvalue weighted by Crippen LogP contribution is -2.43. The Morgan fingerprint density at radius 3 is 2.64 bits per heavy atom. The van der Waals surface area contributed by atoms with Crippen molar-refractivity contribution in [1.82, 2.24) is 15.2 Å². The van der Waals surface area contributed by atoms with Gasteiger partial charge in [-0.3, -0.25) is 9.69 Å². The molecule has 0 radical (unpaired) electrons. The van der Waals surface area contributed by atoms with Crippen molar-refractivity contribution in [1.29, 1.82) is 0 Å². The van der Waals surface area contributed by atoms with Gasteiger partial charge < -0.3 is 9.73 Å². The molecule has 2 heterocycles. The maximum Gasteiger partial charge on any atom is 0.325 e. The average molecular weight is 396 g/mol. The topological polar surface area (TPSA) is 75.4 Å². The van der Waals surface area contributed by atoms with Crippen molar-refractivity contribution in [2.75, 3.05) is 0 Å². The fraction of sp³-hybridized carbons (Fsp3) is 0.190. The first kappa shape index (κ1) is 18.3. The summed E-state index contributed by atoms with van der Waals surface area (Å²) >= 11 is 6.01. The summed E-state index contributed by atoms with van der Waals surface area (Å²) in [6, 6.07) is 16.0. The lowest BCUT2D eigenvalue weighted by atomic mass is 9.87. The predicted molar refractivity (Wildman–Crippen MR) is 104 cm³/mol. The zero-order valence-electron chi connectivity index (χ0n) is 15.2. The van der Waals surface area contributed by atoms with Gasteiger partial charge >= 0.3 is 6.03 Å². The number of aromatic nitrogens is 1. The van der Waals surface area contributed by atoms with E-state index in [1.165, 1.54) is 11.2 Å². The highest BCUT2D eigenvalue weighted by Crippen LogP contribution is 2.33. The van der Waals surface area contributed by atoms with Crippen LogP contribution in [-0.4, -0.2) is 21.8 Å². The first-order valence-electron chi connectivity index (χ1n) is 8.93. The number of urea groups is 1. The number of imide groups is 1. The Hall–Kier alpha value is -3.12. The van der Waals surface area contributed by atoms with Crippen LogP contribution in [0, 0.1) is 0 Å². The van der Waals surface area contributed by atoms with E-state index in [2.05, 4.69) is 10.3 Å². The van der Waals surface area contributed by atoms with Crippen LogP contribution < -0.4 is 5.32 Å². The van der Waals surface area contributed by atoms with Gasteiger partial charge in [-0.2, -0.15) is 0 Å². The zero-order valence-corrected chi connectivity index (χ0v) is 15.9. The van der Waals surface area contributed by atoms with Crippen molar-refractivity contribution < 1.29 is 14.0 Å². The Morgan fingerprint density at radius 1 is 1.14 bits per heavy atom. The van der Waals surface area contributed by atoms with E-state index in [-0.39, 0.29) is 12.5 Å². The highest BCUT2D eigenvalue weighted by atomic mass is 35.5. The molecule has 3 amide bonds. The number of carbonyl (C=O) groups is 2. The molecule has 1 aliphatic heterocycles. The van der Waals surface area contributed by atoms with E-state index >= 15 is 0 Å². The van der Waals surface area contributed by atoms with Crippen molar-refractivity contribution in [2.24, 2.45) is 0 Å². The van der Waals surface area contributed by atoms with Crippen molar-refractivity contribution in [2.45, 2.75) is 25.4 Å². The highest BCUT2D eigenvalue weighted by Gasteiger charge is 2.51. The lowest BCUT2D eigenvalue weighted by Gasteiger charge is -2.25. The molecule has 1 atom stereocenters. The van der Waals surface area contributed by atoms with E-state index in [4.69, 9.17) is 16.0 Å². The normalized spacial score (nSPS) is 19.1. The number of carbonyl (C=O) groups excluding carboxylic acids is 2. The minimum absolute atomic E-state index is 0.0311.